The molecule has 0 aliphatic heterocycles. The molecule has 0 saturated carbocycles. The van der Waals surface area contributed by atoms with Crippen LogP contribution in [-0.2, 0) is 12.8 Å². The van der Waals surface area contributed by atoms with E-state index in [0.29, 0.717) is 11.4 Å². The number of halogens is 1. The monoisotopic (exact) mass is 291 g/mol. The molecule has 2 aromatic heterocycles. The Morgan fingerprint density at radius 1 is 1.30 bits per heavy atom. The largest absolute Gasteiger partial charge is 0.360 e. The van der Waals surface area contributed by atoms with Crippen molar-refractivity contribution < 1.29 is 9.32 Å². The zero-order chi connectivity index (χ0) is 13.9. The summed E-state index contributed by atoms with van der Waals surface area (Å²) in [6.07, 6.45) is 6.55. The molecule has 0 unspecified atom stereocenters. The zero-order valence-electron chi connectivity index (χ0n) is 10.9. The van der Waals surface area contributed by atoms with Gasteiger partial charge in [-0.15, -0.1) is 0 Å². The van der Waals surface area contributed by atoms with Crippen LogP contribution in [0.25, 0.3) is 0 Å². The van der Waals surface area contributed by atoms with Crippen LogP contribution in [0.2, 0.25) is 5.15 Å². The van der Waals surface area contributed by atoms with E-state index in [2.05, 4.69) is 15.5 Å². The molecule has 0 radical (unpaired) electrons. The van der Waals surface area contributed by atoms with Crippen LogP contribution in [0.3, 0.4) is 0 Å². The molecule has 3 rings (SSSR count). The van der Waals surface area contributed by atoms with Crippen LogP contribution in [0, 0.1) is 0 Å². The quantitative estimate of drug-likeness (QED) is 0.681. The lowest BCUT2D eigenvalue weighted by molar-refractivity contribution is 0.101. The molecule has 0 bridgehead atoms. The minimum atomic E-state index is -0.299. The van der Waals surface area contributed by atoms with Crippen LogP contribution in [-0.4, -0.2) is 16.0 Å². The van der Waals surface area contributed by atoms with Gasteiger partial charge >= 0.3 is 0 Å². The first-order valence-corrected chi connectivity index (χ1v) is 7.03. The Bertz CT molecular complexity index is 639. The molecular formula is C14H14ClN3O2. The highest BCUT2D eigenvalue weighted by atomic mass is 35.5. The van der Waals surface area contributed by atoms with Crippen molar-refractivity contribution in [3.05, 3.63) is 40.5 Å². The van der Waals surface area contributed by atoms with Gasteiger partial charge in [0.05, 0.1) is 5.69 Å². The number of aromatic nitrogens is 2. The molecule has 104 valence electrons. The average molecular weight is 292 g/mol. The predicted molar refractivity (Wildman–Crippen MR) is 75.0 cm³/mol. The van der Waals surface area contributed by atoms with Crippen molar-refractivity contribution >= 4 is 23.2 Å². The molecule has 2 aromatic rings. The standard InChI is InChI=1S/C14H14ClN3O2/c15-13-10(6-4-8-16-13)17-14(19)12-9-5-2-1-3-7-11(9)20-18-12/h4,6,8H,1-3,5,7H2,(H,17,19). The van der Waals surface area contributed by atoms with Gasteiger partial charge in [-0.3, -0.25) is 4.79 Å². The molecule has 20 heavy (non-hydrogen) atoms. The predicted octanol–water partition coefficient (Wildman–Crippen LogP) is 3.24. The Balaban J connectivity index is 1.85. The van der Waals surface area contributed by atoms with Gasteiger partial charge in [-0.2, -0.15) is 0 Å². The van der Waals surface area contributed by atoms with Gasteiger partial charge in [-0.05, 0) is 31.4 Å². The van der Waals surface area contributed by atoms with Crippen molar-refractivity contribution in [2.45, 2.75) is 32.1 Å². The van der Waals surface area contributed by atoms with Crippen LogP contribution < -0.4 is 5.32 Å². The third-order valence-electron chi connectivity index (χ3n) is 3.42. The average Bonchev–Trinajstić information content (AvgIpc) is 2.71. The summed E-state index contributed by atoms with van der Waals surface area (Å²) in [7, 11) is 0. The zero-order valence-corrected chi connectivity index (χ0v) is 11.6. The van der Waals surface area contributed by atoms with Gasteiger partial charge in [0.15, 0.2) is 10.8 Å². The van der Waals surface area contributed by atoms with Crippen molar-refractivity contribution in [2.75, 3.05) is 5.32 Å². The van der Waals surface area contributed by atoms with Crippen molar-refractivity contribution in [1.29, 1.82) is 0 Å². The van der Waals surface area contributed by atoms with Crippen molar-refractivity contribution in [3.63, 3.8) is 0 Å². The topological polar surface area (TPSA) is 68.0 Å². The maximum atomic E-state index is 12.3. The number of pyridine rings is 1. The van der Waals surface area contributed by atoms with Crippen LogP contribution in [0.15, 0.2) is 22.9 Å². The van der Waals surface area contributed by atoms with Gasteiger partial charge in [-0.25, -0.2) is 4.98 Å². The second-order valence-corrected chi connectivity index (χ2v) is 5.15. The number of anilines is 1. The Morgan fingerprint density at radius 3 is 3.00 bits per heavy atom. The number of hydrogen-bond acceptors (Lipinski definition) is 4. The molecule has 0 spiro atoms. The molecule has 2 heterocycles. The van der Waals surface area contributed by atoms with E-state index in [1.54, 1.807) is 18.3 Å². The van der Waals surface area contributed by atoms with Gasteiger partial charge in [0.2, 0.25) is 0 Å². The molecule has 5 nitrogen and oxygen atoms in total. The summed E-state index contributed by atoms with van der Waals surface area (Å²) in [4.78, 5) is 16.2. The summed E-state index contributed by atoms with van der Waals surface area (Å²) in [5.74, 6) is 0.539. The fourth-order valence-electron chi connectivity index (χ4n) is 2.40. The molecule has 0 atom stereocenters. The summed E-state index contributed by atoms with van der Waals surface area (Å²) < 4.78 is 5.30. The number of fused-ring (bicyclic) bond motifs is 1. The maximum Gasteiger partial charge on any atom is 0.278 e. The summed E-state index contributed by atoms with van der Waals surface area (Å²) in [6.45, 7) is 0. The lowest BCUT2D eigenvalue weighted by atomic mass is 10.1. The van der Waals surface area contributed by atoms with Crippen LogP contribution in [0.5, 0.6) is 0 Å². The highest BCUT2D eigenvalue weighted by Gasteiger charge is 2.23. The van der Waals surface area contributed by atoms with Crippen LogP contribution in [0.4, 0.5) is 5.69 Å². The normalized spacial score (nSPS) is 14.4. The first-order valence-electron chi connectivity index (χ1n) is 6.65. The van der Waals surface area contributed by atoms with E-state index in [9.17, 15) is 4.79 Å². The van der Waals surface area contributed by atoms with Gasteiger partial charge in [0, 0.05) is 18.2 Å². The Hall–Kier alpha value is -1.88. The second kappa shape index (κ2) is 5.63. The fraction of sp³-hybridized carbons (Fsp3) is 0.357. The number of carbonyl (C=O) groups is 1. The third-order valence-corrected chi connectivity index (χ3v) is 3.72. The lowest BCUT2D eigenvalue weighted by Crippen LogP contribution is -2.15. The number of carbonyl (C=O) groups excluding carboxylic acids is 1. The molecular weight excluding hydrogens is 278 g/mol. The minimum Gasteiger partial charge on any atom is -0.360 e. The number of rotatable bonds is 2. The molecule has 1 N–H and O–H groups in total. The number of hydrogen-bond donors (Lipinski definition) is 1. The van der Waals surface area contributed by atoms with E-state index in [0.717, 1.165) is 43.4 Å². The van der Waals surface area contributed by atoms with Gasteiger partial charge < -0.3 is 9.84 Å². The SMILES string of the molecule is O=C(Nc1cccnc1Cl)c1noc2c1CCCCC2. The Kier molecular flexibility index (Phi) is 3.69. The number of amides is 1. The molecule has 0 aromatic carbocycles. The highest BCUT2D eigenvalue weighted by molar-refractivity contribution is 6.32. The smallest absolute Gasteiger partial charge is 0.278 e. The number of nitrogens with one attached hydrogen (secondary N) is 1. The molecule has 1 aliphatic rings. The van der Waals surface area contributed by atoms with Crippen molar-refractivity contribution in [3.8, 4) is 0 Å². The Labute approximate surface area is 121 Å². The molecule has 0 saturated heterocycles. The van der Waals surface area contributed by atoms with E-state index < -0.39 is 0 Å². The van der Waals surface area contributed by atoms with Gasteiger partial charge in [0.25, 0.3) is 5.91 Å². The molecule has 1 amide bonds. The molecule has 0 fully saturated rings. The highest BCUT2D eigenvalue weighted by Crippen LogP contribution is 2.25. The van der Waals surface area contributed by atoms with Gasteiger partial charge in [0.1, 0.15) is 5.76 Å². The first kappa shape index (κ1) is 13.1. The summed E-state index contributed by atoms with van der Waals surface area (Å²) in [6, 6.07) is 3.41. The first-order chi connectivity index (χ1) is 9.75. The minimum absolute atomic E-state index is 0.260. The third kappa shape index (κ3) is 2.54. The second-order valence-electron chi connectivity index (χ2n) is 4.79. The maximum absolute atomic E-state index is 12.3. The summed E-state index contributed by atoms with van der Waals surface area (Å²) >= 11 is 5.93. The van der Waals surface area contributed by atoms with Crippen LogP contribution >= 0.6 is 11.6 Å². The van der Waals surface area contributed by atoms with Crippen molar-refractivity contribution in [2.24, 2.45) is 0 Å². The summed E-state index contributed by atoms with van der Waals surface area (Å²) in [5, 5.41) is 6.90. The number of nitrogens with zero attached hydrogens (tertiary/aromatic N) is 2. The van der Waals surface area contributed by atoms with E-state index >= 15 is 0 Å². The molecule has 6 heteroatoms. The van der Waals surface area contributed by atoms with E-state index in [1.165, 1.54) is 0 Å². The Morgan fingerprint density at radius 2 is 2.15 bits per heavy atom. The van der Waals surface area contributed by atoms with Crippen LogP contribution in [0.1, 0.15) is 41.1 Å². The lowest BCUT2D eigenvalue weighted by Gasteiger charge is -2.05. The summed E-state index contributed by atoms with van der Waals surface area (Å²) in [5.41, 5.74) is 1.77. The van der Waals surface area contributed by atoms with Crippen molar-refractivity contribution in [1.82, 2.24) is 10.1 Å². The molecule has 1 aliphatic carbocycles. The van der Waals surface area contributed by atoms with E-state index in [1.807, 2.05) is 0 Å². The van der Waals surface area contributed by atoms with E-state index in [4.69, 9.17) is 16.1 Å². The van der Waals surface area contributed by atoms with E-state index in [-0.39, 0.29) is 11.1 Å². The number of aryl methyl sites for hydroxylation is 1. The fourth-order valence-corrected chi connectivity index (χ4v) is 2.57. The van der Waals surface area contributed by atoms with Gasteiger partial charge in [-0.1, -0.05) is 23.2 Å².